The van der Waals surface area contributed by atoms with E-state index in [-0.39, 0.29) is 29.5 Å². The fourth-order valence-electron chi connectivity index (χ4n) is 2.55. The Morgan fingerprint density at radius 1 is 1.21 bits per heavy atom. The summed E-state index contributed by atoms with van der Waals surface area (Å²) in [5, 5.41) is 25.1. The number of unbranched alkanes of at least 4 members (excludes halogenated alkanes) is 1. The maximum atomic E-state index is 12.2. The van der Waals surface area contributed by atoms with E-state index in [0.717, 1.165) is 6.42 Å². The molecule has 3 atom stereocenters. The van der Waals surface area contributed by atoms with Gasteiger partial charge in [-0.05, 0) is 37.3 Å². The number of hydrogen-bond acceptors (Lipinski definition) is 6. The van der Waals surface area contributed by atoms with Gasteiger partial charge in [-0.3, -0.25) is 19.7 Å². The molecule has 0 aliphatic heterocycles. The summed E-state index contributed by atoms with van der Waals surface area (Å²) in [4.78, 5) is 45.5. The van der Waals surface area contributed by atoms with Gasteiger partial charge < -0.3 is 21.5 Å². The van der Waals surface area contributed by atoms with E-state index < -0.39 is 28.9 Å². The van der Waals surface area contributed by atoms with Gasteiger partial charge in [0.15, 0.2) is 0 Å². The largest absolute Gasteiger partial charge is 0.480 e. The van der Waals surface area contributed by atoms with E-state index in [4.69, 9.17) is 5.73 Å². The molecule has 10 nitrogen and oxygen atoms in total. The lowest BCUT2D eigenvalue weighted by atomic mass is 9.99. The number of rotatable bonds is 12. The average Bonchev–Trinajstić information content (AvgIpc) is 2.70. The number of nitro benzene ring substituents is 1. The molecule has 0 saturated carbocycles. The van der Waals surface area contributed by atoms with Crippen molar-refractivity contribution in [2.24, 2.45) is 11.7 Å². The fraction of sp³-hybridized carbons (Fsp3) is 0.526. The molecule has 0 saturated heterocycles. The number of carboxylic acids is 1. The number of hydrogen-bond donors (Lipinski definition) is 4. The van der Waals surface area contributed by atoms with Crippen molar-refractivity contribution in [1.29, 1.82) is 0 Å². The van der Waals surface area contributed by atoms with Crippen LogP contribution in [0.3, 0.4) is 0 Å². The van der Waals surface area contributed by atoms with E-state index in [2.05, 4.69) is 10.6 Å². The zero-order chi connectivity index (χ0) is 22.0. The summed E-state index contributed by atoms with van der Waals surface area (Å²) in [6, 6.07) is 3.21. The zero-order valence-corrected chi connectivity index (χ0v) is 16.6. The molecule has 0 spiro atoms. The smallest absolute Gasteiger partial charge is 0.326 e. The minimum atomic E-state index is -1.18. The van der Waals surface area contributed by atoms with Crippen LogP contribution in [0.5, 0.6) is 0 Å². The lowest BCUT2D eigenvalue weighted by molar-refractivity contribution is -0.384. The maximum absolute atomic E-state index is 12.2. The minimum absolute atomic E-state index is 0.0704. The number of amides is 2. The Morgan fingerprint density at radius 3 is 2.34 bits per heavy atom. The number of non-ortho nitro benzene ring substituents is 1. The van der Waals surface area contributed by atoms with Crippen molar-refractivity contribution in [3.05, 3.63) is 39.9 Å². The first-order chi connectivity index (χ1) is 13.7. The van der Waals surface area contributed by atoms with Gasteiger partial charge in [0, 0.05) is 24.2 Å². The Labute approximate surface area is 169 Å². The van der Waals surface area contributed by atoms with Crippen molar-refractivity contribution in [2.45, 2.75) is 51.6 Å². The van der Waals surface area contributed by atoms with E-state index in [1.165, 1.54) is 24.3 Å². The van der Waals surface area contributed by atoms with E-state index in [1.807, 2.05) is 13.8 Å². The lowest BCUT2D eigenvalue weighted by Gasteiger charge is -2.18. The third kappa shape index (κ3) is 7.86. The normalized spacial score (nSPS) is 13.8. The van der Waals surface area contributed by atoms with Gasteiger partial charge in [-0.15, -0.1) is 0 Å². The number of nitrogens with one attached hydrogen (secondary N) is 2. The molecule has 0 aliphatic rings. The monoisotopic (exact) mass is 408 g/mol. The summed E-state index contributed by atoms with van der Waals surface area (Å²) in [7, 11) is 0. The SMILES string of the molecule is CCC(C)[C@H](N)C(=O)NCCCC[C@@H](NC(=O)c1ccc([N+](=O)[O-])cc1)C(=O)O. The quantitative estimate of drug-likeness (QED) is 0.231. The Balaban J connectivity index is 2.45. The van der Waals surface area contributed by atoms with Crippen LogP contribution in [-0.4, -0.2) is 46.4 Å². The number of carbonyl (C=O) groups excluding carboxylic acids is 2. The second-order valence-corrected chi connectivity index (χ2v) is 6.87. The molecule has 0 radical (unpaired) electrons. The first kappa shape index (κ1) is 24.0. The number of carboxylic acid groups (broad SMARTS) is 1. The van der Waals surface area contributed by atoms with Gasteiger partial charge in [0.1, 0.15) is 6.04 Å². The summed E-state index contributed by atoms with van der Waals surface area (Å²) in [5.41, 5.74) is 5.81. The highest BCUT2D eigenvalue weighted by Gasteiger charge is 2.21. The highest BCUT2D eigenvalue weighted by molar-refractivity contribution is 5.96. The molecule has 1 unspecified atom stereocenters. The highest BCUT2D eigenvalue weighted by atomic mass is 16.6. The van der Waals surface area contributed by atoms with Crippen molar-refractivity contribution < 1.29 is 24.4 Å². The molecule has 1 rings (SSSR count). The van der Waals surface area contributed by atoms with Crippen molar-refractivity contribution in [2.75, 3.05) is 6.54 Å². The lowest BCUT2D eigenvalue weighted by Crippen LogP contribution is -2.45. The molecule has 2 amide bonds. The van der Waals surface area contributed by atoms with Crippen LogP contribution in [0.2, 0.25) is 0 Å². The number of benzene rings is 1. The Bertz CT molecular complexity index is 722. The molecule has 29 heavy (non-hydrogen) atoms. The molecule has 5 N–H and O–H groups in total. The number of nitrogens with two attached hydrogens (primary N) is 1. The number of carbonyl (C=O) groups is 3. The molecule has 160 valence electrons. The molecular weight excluding hydrogens is 380 g/mol. The van der Waals surface area contributed by atoms with Gasteiger partial charge in [0.25, 0.3) is 11.6 Å². The molecule has 10 heteroatoms. The standard InChI is InChI=1S/C19H28N4O6/c1-3-12(2)16(20)18(25)21-11-5-4-6-15(19(26)27)22-17(24)13-7-9-14(10-8-13)23(28)29/h7-10,12,15-16H,3-6,11,20H2,1-2H3,(H,21,25)(H,22,24)(H,26,27)/t12?,15-,16+/m1/s1. The van der Waals surface area contributed by atoms with Crippen LogP contribution in [-0.2, 0) is 9.59 Å². The van der Waals surface area contributed by atoms with Crippen LogP contribution >= 0.6 is 0 Å². The summed E-state index contributed by atoms with van der Waals surface area (Å²) in [5.74, 6) is -1.97. The first-order valence-corrected chi connectivity index (χ1v) is 9.48. The molecule has 0 heterocycles. The summed E-state index contributed by atoms with van der Waals surface area (Å²) < 4.78 is 0. The summed E-state index contributed by atoms with van der Waals surface area (Å²) in [6.07, 6.45) is 1.98. The van der Waals surface area contributed by atoms with Crippen molar-refractivity contribution in [1.82, 2.24) is 10.6 Å². The summed E-state index contributed by atoms with van der Waals surface area (Å²) >= 11 is 0. The number of nitro groups is 1. The predicted octanol–water partition coefficient (Wildman–Crippen LogP) is 1.44. The molecule has 1 aromatic carbocycles. The molecule has 1 aromatic rings. The topological polar surface area (TPSA) is 165 Å². The Morgan fingerprint density at radius 2 is 1.83 bits per heavy atom. The maximum Gasteiger partial charge on any atom is 0.326 e. The number of nitrogens with zero attached hydrogens (tertiary/aromatic N) is 1. The van der Waals surface area contributed by atoms with E-state index in [9.17, 15) is 29.6 Å². The Kier molecular flexibility index (Phi) is 9.73. The van der Waals surface area contributed by atoms with E-state index >= 15 is 0 Å². The average molecular weight is 408 g/mol. The molecular formula is C19H28N4O6. The first-order valence-electron chi connectivity index (χ1n) is 9.48. The van der Waals surface area contributed by atoms with Gasteiger partial charge in [-0.25, -0.2) is 4.79 Å². The third-order valence-electron chi connectivity index (χ3n) is 4.72. The zero-order valence-electron chi connectivity index (χ0n) is 16.6. The van der Waals surface area contributed by atoms with Crippen LogP contribution in [0.4, 0.5) is 5.69 Å². The highest BCUT2D eigenvalue weighted by Crippen LogP contribution is 2.12. The second-order valence-electron chi connectivity index (χ2n) is 6.87. The minimum Gasteiger partial charge on any atom is -0.480 e. The van der Waals surface area contributed by atoms with Crippen molar-refractivity contribution in [3.8, 4) is 0 Å². The third-order valence-corrected chi connectivity index (χ3v) is 4.72. The fourth-order valence-corrected chi connectivity index (χ4v) is 2.55. The van der Waals surface area contributed by atoms with E-state index in [0.29, 0.717) is 19.4 Å². The van der Waals surface area contributed by atoms with Crippen molar-refractivity contribution in [3.63, 3.8) is 0 Å². The van der Waals surface area contributed by atoms with Gasteiger partial charge in [0.2, 0.25) is 5.91 Å². The van der Waals surface area contributed by atoms with Gasteiger partial charge in [0.05, 0.1) is 11.0 Å². The molecule has 0 aliphatic carbocycles. The van der Waals surface area contributed by atoms with Gasteiger partial charge in [-0.2, -0.15) is 0 Å². The van der Waals surface area contributed by atoms with Crippen LogP contribution in [0.25, 0.3) is 0 Å². The number of aliphatic carboxylic acids is 1. The van der Waals surface area contributed by atoms with Crippen LogP contribution < -0.4 is 16.4 Å². The Hall–Kier alpha value is -3.01. The second kappa shape index (κ2) is 11.7. The van der Waals surface area contributed by atoms with Crippen LogP contribution in [0, 0.1) is 16.0 Å². The molecule has 0 fully saturated rings. The van der Waals surface area contributed by atoms with Crippen molar-refractivity contribution >= 4 is 23.5 Å². The van der Waals surface area contributed by atoms with Crippen LogP contribution in [0.15, 0.2) is 24.3 Å². The van der Waals surface area contributed by atoms with Gasteiger partial charge >= 0.3 is 5.97 Å². The van der Waals surface area contributed by atoms with Gasteiger partial charge in [-0.1, -0.05) is 20.3 Å². The molecule has 0 aromatic heterocycles. The van der Waals surface area contributed by atoms with E-state index in [1.54, 1.807) is 0 Å². The van der Waals surface area contributed by atoms with Crippen LogP contribution in [0.1, 0.15) is 49.9 Å². The predicted molar refractivity (Wildman–Crippen MR) is 106 cm³/mol. The summed E-state index contributed by atoms with van der Waals surface area (Å²) in [6.45, 7) is 4.22. The molecule has 0 bridgehead atoms.